The van der Waals surface area contributed by atoms with Crippen LogP contribution in [0.25, 0.3) is 5.65 Å². The lowest BCUT2D eigenvalue weighted by molar-refractivity contribution is 0.381. The first-order chi connectivity index (χ1) is 11.6. The van der Waals surface area contributed by atoms with Crippen LogP contribution in [0.1, 0.15) is 24.7 Å². The molecule has 1 atom stereocenters. The molecule has 1 aromatic carbocycles. The minimum absolute atomic E-state index is 0.243. The number of benzene rings is 1. The van der Waals surface area contributed by atoms with Crippen LogP contribution in [0.5, 0.6) is 0 Å². The molecule has 124 valence electrons. The predicted octanol–water partition coefficient (Wildman–Crippen LogP) is 2.91. The van der Waals surface area contributed by atoms with Gasteiger partial charge in [-0.1, -0.05) is 17.7 Å². The summed E-state index contributed by atoms with van der Waals surface area (Å²) in [6.45, 7) is 0.470. The molecule has 1 saturated heterocycles. The predicted molar refractivity (Wildman–Crippen MR) is 90.3 cm³/mol. The maximum absolute atomic E-state index is 13.0. The summed E-state index contributed by atoms with van der Waals surface area (Å²) in [5, 5.41) is 8.88. The van der Waals surface area contributed by atoms with Gasteiger partial charge in [0.25, 0.3) is 0 Å². The van der Waals surface area contributed by atoms with Gasteiger partial charge in [-0.25, -0.2) is 8.42 Å². The van der Waals surface area contributed by atoms with E-state index in [0.717, 1.165) is 12.8 Å². The highest BCUT2D eigenvalue weighted by Crippen LogP contribution is 2.36. The fourth-order valence-corrected chi connectivity index (χ4v) is 4.90. The quantitative estimate of drug-likeness (QED) is 0.718. The number of rotatable bonds is 3. The second kappa shape index (κ2) is 5.84. The normalized spacial score (nSPS) is 19.1. The molecule has 6 nitrogen and oxygen atoms in total. The Morgan fingerprint density at radius 1 is 1.08 bits per heavy atom. The third kappa shape index (κ3) is 2.49. The molecule has 24 heavy (non-hydrogen) atoms. The first-order valence-electron chi connectivity index (χ1n) is 7.64. The van der Waals surface area contributed by atoms with Crippen LogP contribution in [0.2, 0.25) is 5.02 Å². The average molecular weight is 363 g/mol. The van der Waals surface area contributed by atoms with Gasteiger partial charge in [0.2, 0.25) is 10.0 Å². The Morgan fingerprint density at radius 2 is 1.88 bits per heavy atom. The second-order valence-electron chi connectivity index (χ2n) is 5.71. The van der Waals surface area contributed by atoms with Crippen LogP contribution in [0.3, 0.4) is 0 Å². The van der Waals surface area contributed by atoms with Crippen molar-refractivity contribution >= 4 is 27.3 Å². The lowest BCUT2D eigenvalue weighted by atomic mass is 10.2. The number of nitrogens with zero attached hydrogens (tertiary/aromatic N) is 4. The van der Waals surface area contributed by atoms with E-state index in [1.807, 2.05) is 28.8 Å². The van der Waals surface area contributed by atoms with Crippen LogP contribution in [-0.4, -0.2) is 33.9 Å². The summed E-state index contributed by atoms with van der Waals surface area (Å²) >= 11 is 5.87. The van der Waals surface area contributed by atoms with Crippen molar-refractivity contribution in [3.63, 3.8) is 0 Å². The Hall–Kier alpha value is -1.96. The fraction of sp³-hybridized carbons (Fsp3) is 0.250. The minimum Gasteiger partial charge on any atom is -0.285 e. The van der Waals surface area contributed by atoms with E-state index in [4.69, 9.17) is 11.6 Å². The van der Waals surface area contributed by atoms with Gasteiger partial charge in [-0.15, -0.1) is 10.2 Å². The Labute approximate surface area is 144 Å². The second-order valence-corrected chi connectivity index (χ2v) is 8.04. The van der Waals surface area contributed by atoms with Crippen LogP contribution in [0.4, 0.5) is 0 Å². The Bertz CT molecular complexity index is 985. The molecule has 0 N–H and O–H groups in total. The van der Waals surface area contributed by atoms with E-state index in [9.17, 15) is 8.42 Å². The van der Waals surface area contributed by atoms with Gasteiger partial charge in [0.05, 0.1) is 10.9 Å². The largest absolute Gasteiger partial charge is 0.285 e. The minimum atomic E-state index is -3.61. The number of halogens is 1. The van der Waals surface area contributed by atoms with E-state index in [0.29, 0.717) is 23.0 Å². The van der Waals surface area contributed by atoms with Gasteiger partial charge in [-0.3, -0.25) is 4.40 Å². The zero-order chi connectivity index (χ0) is 16.7. The molecule has 3 aromatic rings. The molecular weight excluding hydrogens is 348 g/mol. The highest BCUT2D eigenvalue weighted by atomic mass is 35.5. The molecule has 0 amide bonds. The van der Waals surface area contributed by atoms with Gasteiger partial charge < -0.3 is 0 Å². The summed E-state index contributed by atoms with van der Waals surface area (Å²) in [6.07, 6.45) is 3.37. The Balaban J connectivity index is 1.76. The van der Waals surface area contributed by atoms with Crippen molar-refractivity contribution in [2.75, 3.05) is 6.54 Å². The molecule has 0 aliphatic carbocycles. The van der Waals surface area contributed by atoms with E-state index >= 15 is 0 Å². The van der Waals surface area contributed by atoms with Crippen LogP contribution in [0.15, 0.2) is 53.6 Å². The molecule has 4 rings (SSSR count). The Morgan fingerprint density at radius 3 is 2.67 bits per heavy atom. The summed E-state index contributed by atoms with van der Waals surface area (Å²) in [6, 6.07) is 11.5. The molecule has 1 aliphatic heterocycles. The van der Waals surface area contributed by atoms with E-state index in [1.165, 1.54) is 16.4 Å². The molecule has 1 fully saturated rings. The van der Waals surface area contributed by atoms with Crippen LogP contribution in [0, 0.1) is 0 Å². The first kappa shape index (κ1) is 15.6. The van der Waals surface area contributed by atoms with Crippen molar-refractivity contribution in [3.05, 3.63) is 59.5 Å². The number of aromatic nitrogens is 3. The van der Waals surface area contributed by atoms with E-state index in [2.05, 4.69) is 10.2 Å². The summed E-state index contributed by atoms with van der Waals surface area (Å²) in [7, 11) is -3.61. The summed E-state index contributed by atoms with van der Waals surface area (Å²) in [4.78, 5) is 0.243. The van der Waals surface area contributed by atoms with Crippen molar-refractivity contribution in [3.8, 4) is 0 Å². The van der Waals surface area contributed by atoms with E-state index in [1.54, 1.807) is 12.1 Å². The number of hydrogen-bond donors (Lipinski definition) is 0. The highest BCUT2D eigenvalue weighted by molar-refractivity contribution is 7.89. The molecule has 2 aromatic heterocycles. The number of pyridine rings is 1. The molecule has 0 saturated carbocycles. The van der Waals surface area contributed by atoms with E-state index in [-0.39, 0.29) is 10.9 Å². The number of sulfonamides is 1. The van der Waals surface area contributed by atoms with Gasteiger partial charge in [0, 0.05) is 17.8 Å². The molecule has 1 aliphatic rings. The van der Waals surface area contributed by atoms with Gasteiger partial charge in [0.15, 0.2) is 11.5 Å². The summed E-state index contributed by atoms with van der Waals surface area (Å²) < 4.78 is 29.4. The van der Waals surface area contributed by atoms with Gasteiger partial charge in [0.1, 0.15) is 0 Å². The monoisotopic (exact) mass is 362 g/mol. The van der Waals surface area contributed by atoms with Crippen LogP contribution >= 0.6 is 11.6 Å². The number of hydrogen-bond acceptors (Lipinski definition) is 4. The molecule has 1 unspecified atom stereocenters. The molecule has 0 radical (unpaired) electrons. The van der Waals surface area contributed by atoms with Crippen molar-refractivity contribution in [1.29, 1.82) is 0 Å². The highest BCUT2D eigenvalue weighted by Gasteiger charge is 2.38. The van der Waals surface area contributed by atoms with Gasteiger partial charge >= 0.3 is 0 Å². The summed E-state index contributed by atoms with van der Waals surface area (Å²) in [5.41, 5.74) is 0.711. The van der Waals surface area contributed by atoms with Gasteiger partial charge in [-0.05, 0) is 49.2 Å². The number of fused-ring (bicyclic) bond motifs is 1. The molecule has 8 heteroatoms. The Kier molecular flexibility index (Phi) is 3.79. The smallest absolute Gasteiger partial charge is 0.243 e. The molecule has 3 heterocycles. The lowest BCUT2D eigenvalue weighted by Gasteiger charge is -2.23. The van der Waals surface area contributed by atoms with Crippen molar-refractivity contribution in [2.45, 2.75) is 23.8 Å². The summed E-state index contributed by atoms with van der Waals surface area (Å²) in [5.74, 6) is 0.653. The van der Waals surface area contributed by atoms with E-state index < -0.39 is 10.0 Å². The van der Waals surface area contributed by atoms with Crippen molar-refractivity contribution in [2.24, 2.45) is 0 Å². The zero-order valence-electron chi connectivity index (χ0n) is 12.7. The van der Waals surface area contributed by atoms with Crippen molar-refractivity contribution < 1.29 is 8.42 Å². The SMILES string of the molecule is O=S(=O)(c1ccc(Cl)cc1)N1CCCC1c1nnc2ccccn12. The standard InChI is InChI=1S/C16H15ClN4O2S/c17-12-6-8-13(9-7-12)24(22,23)21-11-3-4-14(21)16-19-18-15-5-1-2-10-20(15)16/h1-2,5-10,14H,3-4,11H2. The fourth-order valence-electron chi connectivity index (χ4n) is 3.11. The van der Waals surface area contributed by atoms with Crippen LogP contribution in [-0.2, 0) is 10.0 Å². The average Bonchev–Trinajstić information content (AvgIpc) is 3.22. The third-order valence-electron chi connectivity index (χ3n) is 4.26. The maximum atomic E-state index is 13.0. The lowest BCUT2D eigenvalue weighted by Crippen LogP contribution is -2.31. The molecule has 0 spiro atoms. The maximum Gasteiger partial charge on any atom is 0.243 e. The zero-order valence-corrected chi connectivity index (χ0v) is 14.3. The topological polar surface area (TPSA) is 67.6 Å². The van der Waals surface area contributed by atoms with Crippen LogP contribution < -0.4 is 0 Å². The third-order valence-corrected chi connectivity index (χ3v) is 6.44. The molecular formula is C16H15ClN4O2S. The van der Waals surface area contributed by atoms with Gasteiger partial charge in [-0.2, -0.15) is 4.31 Å². The van der Waals surface area contributed by atoms with Crippen molar-refractivity contribution in [1.82, 2.24) is 18.9 Å². The molecule has 0 bridgehead atoms. The first-order valence-corrected chi connectivity index (χ1v) is 9.46.